The zero-order valence-electron chi connectivity index (χ0n) is 13.7. The maximum atomic E-state index is 12.8. The van der Waals surface area contributed by atoms with Crippen LogP contribution in [-0.4, -0.2) is 54.3 Å². The number of carbonyl (C=O) groups is 2. The lowest BCUT2D eigenvalue weighted by Crippen LogP contribution is -2.50. The van der Waals surface area contributed by atoms with Crippen LogP contribution in [-0.2, 0) is 4.79 Å². The first-order chi connectivity index (χ1) is 11.1. The van der Waals surface area contributed by atoms with Crippen LogP contribution >= 0.6 is 23.7 Å². The van der Waals surface area contributed by atoms with Crippen molar-refractivity contribution in [3.8, 4) is 0 Å². The van der Waals surface area contributed by atoms with E-state index in [1.807, 2.05) is 30.0 Å². The molecule has 0 unspecified atom stereocenters. The van der Waals surface area contributed by atoms with Crippen molar-refractivity contribution in [2.45, 2.75) is 13.3 Å². The van der Waals surface area contributed by atoms with E-state index in [2.05, 4.69) is 6.07 Å². The average molecular weight is 368 g/mol. The van der Waals surface area contributed by atoms with Crippen molar-refractivity contribution in [2.24, 2.45) is 5.73 Å². The van der Waals surface area contributed by atoms with Gasteiger partial charge in [-0.05, 0) is 23.9 Å². The van der Waals surface area contributed by atoms with E-state index < -0.39 is 0 Å². The molecule has 1 aromatic heterocycles. The predicted molar refractivity (Wildman–Crippen MR) is 100.0 cm³/mol. The molecule has 24 heavy (non-hydrogen) atoms. The van der Waals surface area contributed by atoms with Crippen molar-refractivity contribution in [3.63, 3.8) is 0 Å². The first kappa shape index (κ1) is 18.7. The number of hydrogen-bond donors (Lipinski definition) is 1. The minimum atomic E-state index is 0. The molecular formula is C17H22ClN3O2S. The van der Waals surface area contributed by atoms with Gasteiger partial charge in [0.2, 0.25) is 5.91 Å². The predicted octanol–water partition coefficient (Wildman–Crippen LogP) is 2.26. The number of thiophene rings is 1. The lowest BCUT2D eigenvalue weighted by molar-refractivity contribution is -0.132. The Kier molecular flexibility index (Phi) is 6.21. The number of carbonyl (C=O) groups excluding carboxylic acids is 2. The molecule has 1 aliphatic rings. The van der Waals surface area contributed by atoms with Crippen molar-refractivity contribution < 1.29 is 9.59 Å². The summed E-state index contributed by atoms with van der Waals surface area (Å²) in [6, 6.07) is 8.10. The number of rotatable bonds is 3. The number of aryl methyl sites for hydroxylation is 1. The maximum Gasteiger partial charge on any atom is 0.264 e. The molecule has 0 radical (unpaired) electrons. The SMILES string of the molecule is Cc1c(C(=O)N2CCN(C(=O)CCN)CC2)sc2ccccc12.Cl. The third-order valence-electron chi connectivity index (χ3n) is 4.32. The first-order valence-corrected chi connectivity index (χ1v) is 8.68. The van der Waals surface area contributed by atoms with Gasteiger partial charge in [-0.25, -0.2) is 0 Å². The van der Waals surface area contributed by atoms with E-state index in [1.165, 1.54) is 0 Å². The van der Waals surface area contributed by atoms with Gasteiger partial charge in [0.25, 0.3) is 5.91 Å². The Bertz CT molecular complexity index is 739. The fraction of sp³-hybridized carbons (Fsp3) is 0.412. The minimum absolute atomic E-state index is 0. The molecule has 2 aromatic rings. The van der Waals surface area contributed by atoms with Crippen molar-refractivity contribution in [1.29, 1.82) is 0 Å². The molecule has 1 saturated heterocycles. The van der Waals surface area contributed by atoms with Gasteiger partial charge in [0, 0.05) is 43.8 Å². The minimum Gasteiger partial charge on any atom is -0.339 e. The Labute approximate surface area is 151 Å². The van der Waals surface area contributed by atoms with Crippen molar-refractivity contribution >= 4 is 45.6 Å². The van der Waals surface area contributed by atoms with Gasteiger partial charge in [-0.15, -0.1) is 23.7 Å². The number of halogens is 1. The third kappa shape index (κ3) is 3.55. The molecule has 2 heterocycles. The number of piperazine rings is 1. The molecule has 2 amide bonds. The highest BCUT2D eigenvalue weighted by Crippen LogP contribution is 2.31. The number of nitrogens with two attached hydrogens (primary N) is 1. The summed E-state index contributed by atoms with van der Waals surface area (Å²) in [5, 5.41) is 1.15. The number of amides is 2. The van der Waals surface area contributed by atoms with Crippen molar-refractivity contribution in [1.82, 2.24) is 9.80 Å². The lowest BCUT2D eigenvalue weighted by Gasteiger charge is -2.34. The Hall–Kier alpha value is -1.63. The van der Waals surface area contributed by atoms with E-state index in [9.17, 15) is 9.59 Å². The van der Waals surface area contributed by atoms with Crippen LogP contribution in [0.1, 0.15) is 21.7 Å². The van der Waals surface area contributed by atoms with Crippen LogP contribution in [0.4, 0.5) is 0 Å². The van der Waals surface area contributed by atoms with Gasteiger partial charge in [-0.2, -0.15) is 0 Å². The summed E-state index contributed by atoms with van der Waals surface area (Å²) < 4.78 is 1.14. The molecule has 0 atom stereocenters. The van der Waals surface area contributed by atoms with Gasteiger partial charge in [0.15, 0.2) is 0 Å². The molecule has 2 N–H and O–H groups in total. The molecular weight excluding hydrogens is 346 g/mol. The zero-order chi connectivity index (χ0) is 16.4. The zero-order valence-corrected chi connectivity index (χ0v) is 15.3. The van der Waals surface area contributed by atoms with Crippen LogP contribution in [0, 0.1) is 6.92 Å². The molecule has 0 saturated carbocycles. The highest BCUT2D eigenvalue weighted by Gasteiger charge is 2.26. The number of benzene rings is 1. The summed E-state index contributed by atoms with van der Waals surface area (Å²) in [4.78, 5) is 29.1. The molecule has 1 aliphatic heterocycles. The van der Waals surface area contributed by atoms with Crippen molar-refractivity contribution in [3.05, 3.63) is 34.7 Å². The molecule has 0 bridgehead atoms. The second-order valence-electron chi connectivity index (χ2n) is 5.76. The Morgan fingerprint density at radius 2 is 1.75 bits per heavy atom. The van der Waals surface area contributed by atoms with Crippen LogP contribution in [0.3, 0.4) is 0 Å². The quantitative estimate of drug-likeness (QED) is 0.904. The standard InChI is InChI=1S/C17H21N3O2S.ClH/c1-12-13-4-2-3-5-14(13)23-16(12)17(22)20-10-8-19(9-11-20)15(21)6-7-18;/h2-5H,6-11,18H2,1H3;1H. The van der Waals surface area contributed by atoms with E-state index in [4.69, 9.17) is 5.73 Å². The van der Waals surface area contributed by atoms with E-state index in [0.29, 0.717) is 39.1 Å². The van der Waals surface area contributed by atoms with Crippen LogP contribution in [0.25, 0.3) is 10.1 Å². The number of nitrogens with zero attached hydrogens (tertiary/aromatic N) is 2. The second kappa shape index (κ2) is 7.96. The van der Waals surface area contributed by atoms with E-state index in [0.717, 1.165) is 20.5 Å². The Morgan fingerprint density at radius 1 is 1.12 bits per heavy atom. The van der Waals surface area contributed by atoms with Crippen molar-refractivity contribution in [2.75, 3.05) is 32.7 Å². The Balaban J connectivity index is 0.00000208. The highest BCUT2D eigenvalue weighted by atomic mass is 35.5. The smallest absolute Gasteiger partial charge is 0.264 e. The fourth-order valence-corrected chi connectivity index (χ4v) is 4.14. The molecule has 5 nitrogen and oxygen atoms in total. The van der Waals surface area contributed by atoms with Crippen LogP contribution in [0.2, 0.25) is 0 Å². The molecule has 0 aliphatic carbocycles. The second-order valence-corrected chi connectivity index (χ2v) is 6.82. The summed E-state index contributed by atoms with van der Waals surface area (Å²) in [5.41, 5.74) is 6.48. The van der Waals surface area contributed by atoms with Gasteiger partial charge in [-0.3, -0.25) is 9.59 Å². The van der Waals surface area contributed by atoms with Gasteiger partial charge in [0.1, 0.15) is 0 Å². The van der Waals surface area contributed by atoms with E-state index in [-0.39, 0.29) is 24.2 Å². The van der Waals surface area contributed by atoms with Gasteiger partial charge in [-0.1, -0.05) is 18.2 Å². The topological polar surface area (TPSA) is 66.6 Å². The number of fused-ring (bicyclic) bond motifs is 1. The molecule has 1 fully saturated rings. The molecule has 3 rings (SSSR count). The monoisotopic (exact) mass is 367 g/mol. The van der Waals surface area contributed by atoms with E-state index >= 15 is 0 Å². The Morgan fingerprint density at radius 3 is 2.38 bits per heavy atom. The summed E-state index contributed by atoms with van der Waals surface area (Å²) in [5.74, 6) is 0.160. The number of hydrogen-bond acceptors (Lipinski definition) is 4. The molecule has 1 aromatic carbocycles. The third-order valence-corrected chi connectivity index (χ3v) is 5.58. The fourth-order valence-electron chi connectivity index (χ4n) is 2.96. The molecule has 130 valence electrons. The van der Waals surface area contributed by atoms with Gasteiger partial charge < -0.3 is 15.5 Å². The van der Waals surface area contributed by atoms with Crippen LogP contribution < -0.4 is 5.73 Å². The molecule has 0 spiro atoms. The summed E-state index contributed by atoms with van der Waals surface area (Å²) in [6.07, 6.45) is 0.378. The summed E-state index contributed by atoms with van der Waals surface area (Å²) >= 11 is 1.55. The summed E-state index contributed by atoms with van der Waals surface area (Å²) in [7, 11) is 0. The molecule has 7 heteroatoms. The van der Waals surface area contributed by atoms with Gasteiger partial charge >= 0.3 is 0 Å². The van der Waals surface area contributed by atoms with Gasteiger partial charge in [0.05, 0.1) is 4.88 Å². The maximum absolute atomic E-state index is 12.8. The first-order valence-electron chi connectivity index (χ1n) is 7.87. The van der Waals surface area contributed by atoms with Crippen LogP contribution in [0.5, 0.6) is 0 Å². The highest BCUT2D eigenvalue weighted by molar-refractivity contribution is 7.21. The lowest BCUT2D eigenvalue weighted by atomic mass is 10.1. The van der Waals surface area contributed by atoms with E-state index in [1.54, 1.807) is 16.2 Å². The summed E-state index contributed by atoms with van der Waals surface area (Å²) in [6.45, 7) is 4.74. The average Bonchev–Trinajstić information content (AvgIpc) is 2.92. The normalized spacial score (nSPS) is 14.6. The van der Waals surface area contributed by atoms with Crippen LogP contribution in [0.15, 0.2) is 24.3 Å². The largest absolute Gasteiger partial charge is 0.339 e.